The van der Waals surface area contributed by atoms with Gasteiger partial charge in [-0.05, 0) is 31.6 Å². The molecule has 3 N–H and O–H groups in total. The summed E-state index contributed by atoms with van der Waals surface area (Å²) >= 11 is 0. The van der Waals surface area contributed by atoms with E-state index in [1.807, 2.05) is 0 Å². The summed E-state index contributed by atoms with van der Waals surface area (Å²) in [4.78, 5) is 73.3. The maximum atomic E-state index is 13.2. The van der Waals surface area contributed by atoms with Crippen LogP contribution in [0.2, 0.25) is 0 Å². The van der Waals surface area contributed by atoms with E-state index in [9.17, 15) is 43.2 Å². The van der Waals surface area contributed by atoms with Crippen LogP contribution in [0.3, 0.4) is 0 Å². The van der Waals surface area contributed by atoms with Gasteiger partial charge in [0.05, 0.1) is 26.4 Å². The number of ether oxygens (including phenoxy) is 4. The van der Waals surface area contributed by atoms with E-state index in [1.165, 1.54) is 295 Å². The zero-order chi connectivity index (χ0) is 77.6. The van der Waals surface area contributed by atoms with Crippen LogP contribution in [0.5, 0.6) is 0 Å². The number of phosphoric ester groups is 2. The lowest BCUT2D eigenvalue weighted by molar-refractivity contribution is -0.161. The van der Waals surface area contributed by atoms with E-state index in [-0.39, 0.29) is 25.7 Å². The molecule has 0 aliphatic rings. The van der Waals surface area contributed by atoms with E-state index >= 15 is 0 Å². The zero-order valence-electron chi connectivity index (χ0n) is 69.6. The molecule has 5 atom stereocenters. The van der Waals surface area contributed by atoms with Crippen LogP contribution >= 0.6 is 15.6 Å². The van der Waals surface area contributed by atoms with E-state index in [0.29, 0.717) is 25.7 Å². The highest BCUT2D eigenvalue weighted by Gasteiger charge is 2.30. The second-order valence-electron chi connectivity index (χ2n) is 31.8. The lowest BCUT2D eigenvalue weighted by Crippen LogP contribution is -2.30. The molecule has 0 aromatic carbocycles. The number of hydrogen-bond acceptors (Lipinski definition) is 15. The Morgan fingerprint density at radius 1 is 0.255 bits per heavy atom. The highest BCUT2D eigenvalue weighted by atomic mass is 31.2. The van der Waals surface area contributed by atoms with Crippen molar-refractivity contribution in [1.82, 2.24) is 0 Å². The third-order valence-electron chi connectivity index (χ3n) is 20.5. The van der Waals surface area contributed by atoms with Crippen LogP contribution in [-0.2, 0) is 65.4 Å². The third-order valence-corrected chi connectivity index (χ3v) is 22.4. The topological polar surface area (TPSA) is 237 Å². The van der Waals surface area contributed by atoms with Crippen molar-refractivity contribution in [2.45, 2.75) is 490 Å². The van der Waals surface area contributed by atoms with Gasteiger partial charge >= 0.3 is 39.5 Å². The summed E-state index contributed by atoms with van der Waals surface area (Å²) in [6.07, 6.45) is 73.7. The normalized spacial score (nSPS) is 13.7. The molecule has 0 aliphatic carbocycles. The highest BCUT2D eigenvalue weighted by molar-refractivity contribution is 7.47. The molecule has 0 saturated carbocycles. The SMILES string of the molecule is CCCCCCCCCCCCCCCCCCCCCC(=O)O[C@H](COC(=O)CCCCCCCCCCCCCCCCCCCC)COP(=O)(O)OC[C@@H](O)COP(=O)(O)OC[C@@H](COC(=O)CCCCCCCCCCC(C)C)OC(=O)CCCCCCCCCCCCCCCCCCCC. The van der Waals surface area contributed by atoms with Crippen LogP contribution in [0.25, 0.3) is 0 Å². The summed E-state index contributed by atoms with van der Waals surface area (Å²) in [5.74, 6) is -1.37. The molecule has 630 valence electrons. The van der Waals surface area contributed by atoms with E-state index in [0.717, 1.165) is 95.8 Å². The van der Waals surface area contributed by atoms with Crippen LogP contribution in [0.1, 0.15) is 471 Å². The standard InChI is InChI=1S/C87H170O17P2/c1-6-9-12-15-18-21-24-27-30-33-36-39-42-45-48-51-58-63-68-72-86(91)103-82(76-97-84(89)70-65-60-55-49-46-43-40-37-34-31-28-25-22-19-16-13-10-7-2)78-101-105(93,94)99-74-81(88)75-100-106(95,96)102-79-83(77-98-85(90)71-66-61-56-53-52-54-59-64-69-80(4)5)104-87(92)73-67-62-57-50-47-44-41-38-35-32-29-26-23-20-17-14-11-8-3/h80-83,88H,6-79H2,1-5H3,(H,93,94)(H,95,96)/t81-,82-,83-/m1/s1. The number of rotatable bonds is 87. The van der Waals surface area contributed by atoms with Gasteiger partial charge < -0.3 is 33.8 Å². The fourth-order valence-corrected chi connectivity index (χ4v) is 15.2. The Morgan fingerprint density at radius 2 is 0.434 bits per heavy atom. The fraction of sp³-hybridized carbons (Fsp3) is 0.954. The molecule has 0 rings (SSSR count). The minimum Gasteiger partial charge on any atom is -0.462 e. The summed E-state index contributed by atoms with van der Waals surface area (Å²) in [6, 6.07) is 0. The van der Waals surface area contributed by atoms with Gasteiger partial charge in [0.1, 0.15) is 19.3 Å². The van der Waals surface area contributed by atoms with Crippen LogP contribution in [0.4, 0.5) is 0 Å². The smallest absolute Gasteiger partial charge is 0.462 e. The van der Waals surface area contributed by atoms with Crippen molar-refractivity contribution < 1.29 is 80.2 Å². The number of hydrogen-bond donors (Lipinski definition) is 3. The van der Waals surface area contributed by atoms with Gasteiger partial charge in [0.25, 0.3) is 0 Å². The van der Waals surface area contributed by atoms with Crippen molar-refractivity contribution in [3.8, 4) is 0 Å². The predicted octanol–water partition coefficient (Wildman–Crippen LogP) is 26.8. The first-order valence-electron chi connectivity index (χ1n) is 45.1. The van der Waals surface area contributed by atoms with Gasteiger partial charge in [-0.15, -0.1) is 0 Å². The summed E-state index contributed by atoms with van der Waals surface area (Å²) in [5.41, 5.74) is 0. The molecular weight excluding hydrogens is 1380 g/mol. The van der Waals surface area contributed by atoms with Gasteiger partial charge in [0.2, 0.25) is 0 Å². The molecule has 0 aromatic heterocycles. The zero-order valence-corrected chi connectivity index (χ0v) is 71.4. The van der Waals surface area contributed by atoms with Crippen molar-refractivity contribution in [1.29, 1.82) is 0 Å². The van der Waals surface area contributed by atoms with Gasteiger partial charge in [-0.25, -0.2) is 9.13 Å². The Labute approximate surface area is 651 Å². The quantitative estimate of drug-likeness (QED) is 0.0222. The summed E-state index contributed by atoms with van der Waals surface area (Å²) < 4.78 is 69.0. The molecular formula is C87H170O17P2. The second-order valence-corrected chi connectivity index (χ2v) is 34.7. The molecule has 0 aromatic rings. The van der Waals surface area contributed by atoms with Crippen LogP contribution in [0, 0.1) is 5.92 Å². The Kier molecular flexibility index (Phi) is 78.2. The number of aliphatic hydroxyl groups excluding tert-OH is 1. The number of phosphoric acid groups is 2. The first-order chi connectivity index (χ1) is 51.5. The van der Waals surface area contributed by atoms with Gasteiger partial charge in [0, 0.05) is 25.7 Å². The Balaban J connectivity index is 5.24. The van der Waals surface area contributed by atoms with E-state index in [4.69, 9.17) is 37.0 Å². The molecule has 0 saturated heterocycles. The Morgan fingerprint density at radius 3 is 0.642 bits per heavy atom. The maximum Gasteiger partial charge on any atom is 0.472 e. The lowest BCUT2D eigenvalue weighted by Gasteiger charge is -2.21. The molecule has 0 bridgehead atoms. The minimum absolute atomic E-state index is 0.109. The van der Waals surface area contributed by atoms with Crippen LogP contribution < -0.4 is 0 Å². The number of esters is 4. The monoisotopic (exact) mass is 1550 g/mol. The average Bonchev–Trinajstić information content (AvgIpc) is 0.903. The second kappa shape index (κ2) is 79.7. The average molecular weight is 1550 g/mol. The number of unbranched alkanes of at least 4 members (excludes halogenated alkanes) is 59. The van der Waals surface area contributed by atoms with Gasteiger partial charge in [0.15, 0.2) is 12.2 Å². The van der Waals surface area contributed by atoms with Gasteiger partial charge in [-0.1, -0.05) is 420 Å². The predicted molar refractivity (Wildman–Crippen MR) is 437 cm³/mol. The largest absolute Gasteiger partial charge is 0.472 e. The van der Waals surface area contributed by atoms with Crippen LogP contribution in [0.15, 0.2) is 0 Å². The lowest BCUT2D eigenvalue weighted by atomic mass is 10.0. The highest BCUT2D eigenvalue weighted by Crippen LogP contribution is 2.45. The molecule has 2 unspecified atom stereocenters. The van der Waals surface area contributed by atoms with Gasteiger partial charge in [-0.3, -0.25) is 37.3 Å². The first kappa shape index (κ1) is 104. The molecule has 0 aliphatic heterocycles. The van der Waals surface area contributed by atoms with E-state index < -0.39 is 97.5 Å². The third kappa shape index (κ3) is 80.1. The van der Waals surface area contributed by atoms with Crippen LogP contribution in [-0.4, -0.2) is 96.7 Å². The molecule has 0 fully saturated rings. The summed E-state index contributed by atoms with van der Waals surface area (Å²) in [7, 11) is -9.93. The van der Waals surface area contributed by atoms with Gasteiger partial charge in [-0.2, -0.15) is 0 Å². The van der Waals surface area contributed by atoms with Crippen molar-refractivity contribution in [3.05, 3.63) is 0 Å². The first-order valence-corrected chi connectivity index (χ1v) is 48.1. The van der Waals surface area contributed by atoms with Crippen molar-refractivity contribution in [2.75, 3.05) is 39.6 Å². The number of carbonyl (C=O) groups excluding carboxylic acids is 4. The van der Waals surface area contributed by atoms with E-state index in [2.05, 4.69) is 34.6 Å². The molecule has 0 radical (unpaired) electrons. The van der Waals surface area contributed by atoms with Crippen molar-refractivity contribution >= 4 is 39.5 Å². The minimum atomic E-state index is -4.97. The Bertz CT molecular complexity index is 2010. The van der Waals surface area contributed by atoms with Crippen molar-refractivity contribution in [2.24, 2.45) is 5.92 Å². The molecule has 17 nitrogen and oxygen atoms in total. The maximum absolute atomic E-state index is 13.2. The molecule has 19 heteroatoms. The summed E-state index contributed by atoms with van der Waals surface area (Å²) in [6.45, 7) is 7.34. The molecule has 0 amide bonds. The fourth-order valence-electron chi connectivity index (χ4n) is 13.6. The molecule has 0 heterocycles. The molecule has 0 spiro atoms. The molecule has 106 heavy (non-hydrogen) atoms. The number of aliphatic hydroxyl groups is 1. The summed E-state index contributed by atoms with van der Waals surface area (Å²) in [5, 5.41) is 10.7. The number of carbonyl (C=O) groups is 4. The Hall–Kier alpha value is -1.94. The van der Waals surface area contributed by atoms with E-state index in [1.54, 1.807) is 0 Å². The van der Waals surface area contributed by atoms with Crippen molar-refractivity contribution in [3.63, 3.8) is 0 Å².